The summed E-state index contributed by atoms with van der Waals surface area (Å²) in [4.78, 5) is 12.3. The predicted octanol–water partition coefficient (Wildman–Crippen LogP) is 3.58. The second-order valence-electron chi connectivity index (χ2n) is 4.97. The van der Waals surface area contributed by atoms with E-state index in [0.29, 0.717) is 5.69 Å². The minimum Gasteiger partial charge on any atom is -0.319 e. The zero-order valence-electron chi connectivity index (χ0n) is 12.2. The summed E-state index contributed by atoms with van der Waals surface area (Å²) >= 11 is 5.92. The van der Waals surface area contributed by atoms with Gasteiger partial charge in [0.1, 0.15) is 5.82 Å². The number of benzene rings is 1. The lowest BCUT2D eigenvalue weighted by Gasteiger charge is -2.12. The van der Waals surface area contributed by atoms with E-state index >= 15 is 0 Å². The molecule has 1 aromatic carbocycles. The first-order chi connectivity index (χ1) is 9.90. The molecule has 21 heavy (non-hydrogen) atoms. The number of aryl methyl sites for hydroxylation is 1. The smallest absolute Gasteiger partial charge is 0.293 e. The molecule has 3 nitrogen and oxygen atoms in total. The fourth-order valence-corrected chi connectivity index (χ4v) is 2.30. The quantitative estimate of drug-likeness (QED) is 0.864. The number of aromatic nitrogens is 1. The van der Waals surface area contributed by atoms with Gasteiger partial charge >= 0.3 is 0 Å². The van der Waals surface area contributed by atoms with E-state index in [4.69, 9.17) is 11.6 Å². The fourth-order valence-electron chi connectivity index (χ4n) is 2.09. The first-order valence-corrected chi connectivity index (χ1v) is 7.01. The molecule has 0 saturated heterocycles. The normalized spacial score (nSPS) is 12.0. The number of hydrogen-bond donors (Lipinski definition) is 1. The van der Waals surface area contributed by atoms with Crippen molar-refractivity contribution in [1.29, 1.82) is 0 Å². The van der Waals surface area contributed by atoms with Gasteiger partial charge in [-0.2, -0.15) is 4.57 Å². The SMILES string of the molecule is Cc1ccc[n+]([C@@H](C)C(=O)Nc2ccc(F)cc2Cl)c1C. The molecular weight excluding hydrogens is 291 g/mol. The highest BCUT2D eigenvalue weighted by Crippen LogP contribution is 2.23. The molecule has 1 atom stereocenters. The first-order valence-electron chi connectivity index (χ1n) is 6.63. The molecular formula is C16H17ClFN2O+. The zero-order valence-corrected chi connectivity index (χ0v) is 12.9. The van der Waals surface area contributed by atoms with Crippen LogP contribution in [0.4, 0.5) is 10.1 Å². The van der Waals surface area contributed by atoms with E-state index in [1.807, 2.05) is 36.7 Å². The summed E-state index contributed by atoms with van der Waals surface area (Å²) in [5, 5.41) is 2.91. The van der Waals surface area contributed by atoms with Gasteiger partial charge in [-0.1, -0.05) is 11.6 Å². The van der Waals surface area contributed by atoms with Crippen molar-refractivity contribution in [2.45, 2.75) is 26.8 Å². The van der Waals surface area contributed by atoms with Crippen LogP contribution < -0.4 is 9.88 Å². The monoisotopic (exact) mass is 307 g/mol. The molecule has 0 spiro atoms. The topological polar surface area (TPSA) is 33.0 Å². The lowest BCUT2D eigenvalue weighted by molar-refractivity contribution is -0.711. The number of nitrogens with zero attached hydrogens (tertiary/aromatic N) is 1. The summed E-state index contributed by atoms with van der Waals surface area (Å²) in [5.41, 5.74) is 2.53. The van der Waals surface area contributed by atoms with Crippen LogP contribution in [0.5, 0.6) is 0 Å². The number of anilines is 1. The van der Waals surface area contributed by atoms with Gasteiger partial charge in [0.25, 0.3) is 5.91 Å². The largest absolute Gasteiger partial charge is 0.319 e. The summed E-state index contributed by atoms with van der Waals surface area (Å²) in [7, 11) is 0. The number of rotatable bonds is 3. The highest BCUT2D eigenvalue weighted by Gasteiger charge is 2.25. The fraction of sp³-hybridized carbons (Fsp3) is 0.250. The molecule has 5 heteroatoms. The molecule has 2 aromatic rings. The minimum absolute atomic E-state index is 0.182. The van der Waals surface area contributed by atoms with Crippen LogP contribution in [0, 0.1) is 19.7 Å². The summed E-state index contributed by atoms with van der Waals surface area (Å²) in [6.45, 7) is 5.76. The van der Waals surface area contributed by atoms with Crippen LogP contribution in [0.1, 0.15) is 24.2 Å². The lowest BCUT2D eigenvalue weighted by atomic mass is 10.2. The Morgan fingerprint density at radius 3 is 2.71 bits per heavy atom. The van der Waals surface area contributed by atoms with E-state index in [2.05, 4.69) is 5.32 Å². The molecule has 1 amide bonds. The molecule has 0 bridgehead atoms. The van der Waals surface area contributed by atoms with Gasteiger partial charge in [-0.25, -0.2) is 4.39 Å². The van der Waals surface area contributed by atoms with Crippen molar-refractivity contribution < 1.29 is 13.8 Å². The maximum absolute atomic E-state index is 13.0. The van der Waals surface area contributed by atoms with Crippen molar-refractivity contribution in [3.63, 3.8) is 0 Å². The molecule has 1 heterocycles. The van der Waals surface area contributed by atoms with Gasteiger partial charge in [-0.15, -0.1) is 0 Å². The van der Waals surface area contributed by atoms with Crippen LogP contribution in [0.25, 0.3) is 0 Å². The van der Waals surface area contributed by atoms with Crippen molar-refractivity contribution in [2.24, 2.45) is 0 Å². The number of carbonyl (C=O) groups is 1. The molecule has 1 N–H and O–H groups in total. The van der Waals surface area contributed by atoms with Gasteiger partial charge in [-0.3, -0.25) is 4.79 Å². The Morgan fingerprint density at radius 1 is 1.33 bits per heavy atom. The second-order valence-corrected chi connectivity index (χ2v) is 5.38. The highest BCUT2D eigenvalue weighted by atomic mass is 35.5. The minimum atomic E-state index is -0.435. The van der Waals surface area contributed by atoms with E-state index in [1.54, 1.807) is 6.92 Å². The summed E-state index contributed by atoms with van der Waals surface area (Å²) in [6.07, 6.45) is 1.86. The van der Waals surface area contributed by atoms with Gasteiger partial charge in [-0.05, 0) is 31.2 Å². The number of hydrogen-bond acceptors (Lipinski definition) is 1. The molecule has 0 fully saturated rings. The maximum Gasteiger partial charge on any atom is 0.293 e. The van der Waals surface area contributed by atoms with Gasteiger partial charge in [0.05, 0.1) is 10.7 Å². The van der Waals surface area contributed by atoms with E-state index in [0.717, 1.165) is 11.3 Å². The van der Waals surface area contributed by atoms with Crippen LogP contribution in [-0.4, -0.2) is 5.91 Å². The Bertz CT molecular complexity index is 688. The zero-order chi connectivity index (χ0) is 15.6. The first kappa shape index (κ1) is 15.4. The van der Waals surface area contributed by atoms with Crippen molar-refractivity contribution in [3.8, 4) is 0 Å². The Morgan fingerprint density at radius 2 is 2.05 bits per heavy atom. The lowest BCUT2D eigenvalue weighted by Crippen LogP contribution is -2.47. The molecule has 0 radical (unpaired) electrons. The third-order valence-corrected chi connectivity index (χ3v) is 3.85. The number of carbonyl (C=O) groups excluding carboxylic acids is 1. The standard InChI is InChI=1S/C16H16ClFN2O/c1-10-5-4-8-20(11(10)2)12(3)16(21)19-15-7-6-13(18)9-14(15)17/h4-9,12H,1-3H3/p+1/t12-/m0/s1. The van der Waals surface area contributed by atoms with E-state index in [1.165, 1.54) is 18.2 Å². The third-order valence-electron chi connectivity index (χ3n) is 3.54. The van der Waals surface area contributed by atoms with Crippen LogP contribution in [0.3, 0.4) is 0 Å². The van der Waals surface area contributed by atoms with Gasteiger partial charge in [0.15, 0.2) is 11.9 Å². The van der Waals surface area contributed by atoms with Crippen molar-refractivity contribution in [1.82, 2.24) is 0 Å². The van der Waals surface area contributed by atoms with Crippen LogP contribution in [-0.2, 0) is 4.79 Å². The second kappa shape index (κ2) is 6.22. The Kier molecular flexibility index (Phi) is 4.58. The number of pyridine rings is 1. The maximum atomic E-state index is 13.0. The van der Waals surface area contributed by atoms with Crippen LogP contribution >= 0.6 is 11.6 Å². The van der Waals surface area contributed by atoms with E-state index in [-0.39, 0.29) is 10.9 Å². The molecule has 1 aromatic heterocycles. The molecule has 0 unspecified atom stereocenters. The average molecular weight is 308 g/mol. The van der Waals surface area contributed by atoms with E-state index < -0.39 is 11.9 Å². The third kappa shape index (κ3) is 3.39. The average Bonchev–Trinajstić information content (AvgIpc) is 2.44. The molecule has 110 valence electrons. The molecule has 0 aliphatic heterocycles. The molecule has 0 aliphatic rings. The number of halogens is 2. The van der Waals surface area contributed by atoms with Crippen LogP contribution in [0.2, 0.25) is 5.02 Å². The summed E-state index contributed by atoms with van der Waals surface area (Å²) in [5.74, 6) is -0.642. The highest BCUT2D eigenvalue weighted by molar-refractivity contribution is 6.33. The Balaban J connectivity index is 2.22. The number of nitrogens with one attached hydrogen (secondary N) is 1. The van der Waals surface area contributed by atoms with E-state index in [9.17, 15) is 9.18 Å². The predicted molar refractivity (Wildman–Crippen MR) is 80.9 cm³/mol. The van der Waals surface area contributed by atoms with Gasteiger partial charge in [0, 0.05) is 25.5 Å². The van der Waals surface area contributed by atoms with Crippen molar-refractivity contribution >= 4 is 23.2 Å². The molecule has 2 rings (SSSR count). The molecule has 0 saturated carbocycles. The molecule has 0 aliphatic carbocycles. The Hall–Kier alpha value is -1.94. The number of amides is 1. The van der Waals surface area contributed by atoms with Crippen molar-refractivity contribution in [3.05, 3.63) is 58.6 Å². The van der Waals surface area contributed by atoms with Gasteiger partial charge < -0.3 is 5.32 Å². The van der Waals surface area contributed by atoms with Crippen molar-refractivity contribution in [2.75, 3.05) is 5.32 Å². The van der Waals surface area contributed by atoms with Gasteiger partial charge in [0.2, 0.25) is 6.04 Å². The van der Waals surface area contributed by atoms with Crippen LogP contribution in [0.15, 0.2) is 36.5 Å². The summed E-state index contributed by atoms with van der Waals surface area (Å²) < 4.78 is 14.9. The Labute approximate surface area is 128 Å². The summed E-state index contributed by atoms with van der Waals surface area (Å²) in [6, 6.07) is 7.38.